The van der Waals surface area contributed by atoms with Gasteiger partial charge in [0.05, 0.1) is 10.5 Å². The van der Waals surface area contributed by atoms with E-state index in [1.807, 2.05) is 11.6 Å². The lowest BCUT2D eigenvalue weighted by Gasteiger charge is -2.12. The van der Waals surface area contributed by atoms with Crippen LogP contribution in [0.4, 0.5) is 0 Å². The van der Waals surface area contributed by atoms with Gasteiger partial charge in [-0.25, -0.2) is 22.9 Å². The fraction of sp³-hybridized carbons (Fsp3) is 0.440. The van der Waals surface area contributed by atoms with E-state index < -0.39 is 21.9 Å². The molecule has 0 atom stereocenters. The van der Waals surface area contributed by atoms with Gasteiger partial charge in [-0.15, -0.1) is 0 Å². The number of carboxylic acids is 1. The average Bonchev–Trinajstić information content (AvgIpc) is 2.83. The number of pyridine rings is 1. The van der Waals surface area contributed by atoms with Crippen molar-refractivity contribution in [2.45, 2.75) is 70.1 Å². The number of hydrogen-bond donors (Lipinski definition) is 3. The molecule has 2 amide bonds. The van der Waals surface area contributed by atoms with E-state index in [0.29, 0.717) is 24.1 Å². The number of carbonyl (C=O) groups is 3. The normalized spacial score (nSPS) is 11.1. The van der Waals surface area contributed by atoms with Gasteiger partial charge in [0.2, 0.25) is 0 Å². The third kappa shape index (κ3) is 8.47. The van der Waals surface area contributed by atoms with Crippen molar-refractivity contribution in [1.82, 2.24) is 15.0 Å². The van der Waals surface area contributed by atoms with Gasteiger partial charge in [-0.1, -0.05) is 46.0 Å². The standard InChI is InChI=1S/C25H33N3O6S/c1-3-5-7-8-9-10-19-16-22(25(31)32)27-17-21(19)24(30)28-35(33,34)20-13-11-18(12-14-20)23(29)26-15-6-4-2/h11-14,16-17H,3-10,15H2,1-2H3,(H,26,29)(H,28,30)(H,31,32). The predicted octanol–water partition coefficient (Wildman–Crippen LogP) is 3.94. The van der Waals surface area contributed by atoms with E-state index >= 15 is 0 Å². The zero-order valence-corrected chi connectivity index (χ0v) is 21.0. The Morgan fingerprint density at radius 3 is 2.20 bits per heavy atom. The van der Waals surface area contributed by atoms with E-state index in [1.165, 1.54) is 30.3 Å². The van der Waals surface area contributed by atoms with Crippen LogP contribution in [-0.4, -0.2) is 42.8 Å². The monoisotopic (exact) mass is 503 g/mol. The quantitative estimate of drug-likeness (QED) is 0.331. The summed E-state index contributed by atoms with van der Waals surface area (Å²) in [5.74, 6) is -2.42. The second kappa shape index (κ2) is 13.6. The summed E-state index contributed by atoms with van der Waals surface area (Å²) in [5, 5.41) is 12.0. The first-order chi connectivity index (χ1) is 16.7. The maximum absolute atomic E-state index is 12.9. The Hall–Kier alpha value is -3.27. The second-order valence-corrected chi connectivity index (χ2v) is 9.95. The van der Waals surface area contributed by atoms with Crippen LogP contribution in [0.5, 0.6) is 0 Å². The molecule has 1 heterocycles. The van der Waals surface area contributed by atoms with Crippen molar-refractivity contribution < 1.29 is 27.9 Å². The summed E-state index contributed by atoms with van der Waals surface area (Å²) < 4.78 is 27.6. The molecule has 0 aliphatic carbocycles. The lowest BCUT2D eigenvalue weighted by Crippen LogP contribution is -2.31. The zero-order chi connectivity index (χ0) is 25.8. The van der Waals surface area contributed by atoms with Gasteiger partial charge in [-0.3, -0.25) is 9.59 Å². The summed E-state index contributed by atoms with van der Waals surface area (Å²) in [6, 6.07) is 6.59. The summed E-state index contributed by atoms with van der Waals surface area (Å²) >= 11 is 0. The van der Waals surface area contributed by atoms with Crippen LogP contribution in [0.3, 0.4) is 0 Å². The Morgan fingerprint density at radius 1 is 0.914 bits per heavy atom. The summed E-state index contributed by atoms with van der Waals surface area (Å²) in [7, 11) is -4.22. The first kappa shape index (κ1) is 28.0. The molecule has 2 rings (SSSR count). The van der Waals surface area contributed by atoms with Gasteiger partial charge in [-0.2, -0.15) is 0 Å². The number of aromatic nitrogens is 1. The van der Waals surface area contributed by atoms with Crippen LogP contribution in [0.2, 0.25) is 0 Å². The number of benzene rings is 1. The molecule has 0 fully saturated rings. The molecular weight excluding hydrogens is 470 g/mol. The van der Waals surface area contributed by atoms with Crippen LogP contribution in [0.1, 0.15) is 95.6 Å². The Kier molecular flexibility index (Phi) is 10.8. The zero-order valence-electron chi connectivity index (χ0n) is 20.2. The first-order valence-corrected chi connectivity index (χ1v) is 13.4. The van der Waals surface area contributed by atoms with Crippen molar-refractivity contribution in [2.24, 2.45) is 0 Å². The first-order valence-electron chi connectivity index (χ1n) is 11.9. The molecule has 0 saturated heterocycles. The van der Waals surface area contributed by atoms with Crippen molar-refractivity contribution in [2.75, 3.05) is 6.54 Å². The molecule has 9 nitrogen and oxygen atoms in total. The summed E-state index contributed by atoms with van der Waals surface area (Å²) in [4.78, 5) is 39.9. The minimum Gasteiger partial charge on any atom is -0.477 e. The number of nitrogens with zero attached hydrogens (tertiary/aromatic N) is 1. The number of rotatable bonds is 14. The molecule has 10 heteroatoms. The molecule has 0 unspecified atom stereocenters. The maximum Gasteiger partial charge on any atom is 0.354 e. The number of unbranched alkanes of at least 4 members (excludes halogenated alkanes) is 5. The number of aromatic carboxylic acids is 1. The SMILES string of the molecule is CCCCCCCc1cc(C(=O)O)ncc1C(=O)NS(=O)(=O)c1ccc(C(=O)NCCCC)cc1. The second-order valence-electron chi connectivity index (χ2n) is 8.26. The molecule has 0 aliphatic heterocycles. The minimum absolute atomic E-state index is 0.0148. The number of aryl methyl sites for hydroxylation is 1. The van der Waals surface area contributed by atoms with Crippen molar-refractivity contribution in [3.05, 3.63) is 58.9 Å². The smallest absolute Gasteiger partial charge is 0.354 e. The van der Waals surface area contributed by atoms with Crippen LogP contribution in [-0.2, 0) is 16.4 Å². The van der Waals surface area contributed by atoms with E-state index in [1.54, 1.807) is 0 Å². The van der Waals surface area contributed by atoms with Gasteiger partial charge in [0.1, 0.15) is 5.69 Å². The Bertz CT molecular complexity index is 1130. The predicted molar refractivity (Wildman–Crippen MR) is 132 cm³/mol. The molecule has 2 aromatic rings. The highest BCUT2D eigenvalue weighted by Crippen LogP contribution is 2.17. The number of carbonyl (C=O) groups excluding carboxylic acids is 2. The van der Waals surface area contributed by atoms with Gasteiger partial charge in [0.25, 0.3) is 21.8 Å². The largest absolute Gasteiger partial charge is 0.477 e. The molecule has 35 heavy (non-hydrogen) atoms. The topological polar surface area (TPSA) is 143 Å². The van der Waals surface area contributed by atoms with Crippen molar-refractivity contribution >= 4 is 27.8 Å². The number of sulfonamides is 1. The average molecular weight is 504 g/mol. The highest BCUT2D eigenvalue weighted by molar-refractivity contribution is 7.90. The third-order valence-corrected chi connectivity index (χ3v) is 6.82. The molecule has 0 saturated carbocycles. The lowest BCUT2D eigenvalue weighted by atomic mass is 10.0. The molecule has 190 valence electrons. The van der Waals surface area contributed by atoms with E-state index in [9.17, 15) is 27.9 Å². The molecule has 1 aromatic carbocycles. The van der Waals surface area contributed by atoms with Crippen LogP contribution in [0, 0.1) is 0 Å². The van der Waals surface area contributed by atoms with Crippen molar-refractivity contribution in [1.29, 1.82) is 0 Å². The van der Waals surface area contributed by atoms with Crippen LogP contribution >= 0.6 is 0 Å². The molecule has 0 radical (unpaired) electrons. The molecule has 1 aromatic heterocycles. The van der Waals surface area contributed by atoms with Crippen LogP contribution in [0.25, 0.3) is 0 Å². The fourth-order valence-electron chi connectivity index (χ4n) is 3.45. The summed E-state index contributed by atoms with van der Waals surface area (Å²) in [5.41, 5.74) is 0.549. The Labute approximate surface area is 206 Å². The molecule has 0 aliphatic rings. The van der Waals surface area contributed by atoms with Crippen LogP contribution in [0.15, 0.2) is 41.4 Å². The Balaban J connectivity index is 2.16. The highest BCUT2D eigenvalue weighted by atomic mass is 32.2. The van der Waals surface area contributed by atoms with Gasteiger partial charge >= 0.3 is 5.97 Å². The van der Waals surface area contributed by atoms with Crippen LogP contribution < -0.4 is 10.0 Å². The van der Waals surface area contributed by atoms with E-state index in [0.717, 1.165) is 51.1 Å². The maximum atomic E-state index is 12.9. The highest BCUT2D eigenvalue weighted by Gasteiger charge is 2.22. The third-order valence-electron chi connectivity index (χ3n) is 5.47. The number of carboxylic acid groups (broad SMARTS) is 1. The van der Waals surface area contributed by atoms with E-state index in [4.69, 9.17) is 0 Å². The summed E-state index contributed by atoms with van der Waals surface area (Å²) in [6.45, 7) is 4.63. The van der Waals surface area contributed by atoms with Gasteiger partial charge in [0, 0.05) is 18.3 Å². The molecular formula is C25H33N3O6S. The molecule has 0 bridgehead atoms. The number of amides is 2. The Morgan fingerprint density at radius 2 is 1.57 bits per heavy atom. The summed E-state index contributed by atoms with van der Waals surface area (Å²) in [6.07, 6.45) is 8.14. The van der Waals surface area contributed by atoms with Crippen molar-refractivity contribution in [3.8, 4) is 0 Å². The van der Waals surface area contributed by atoms with Gasteiger partial charge in [-0.05, 0) is 55.2 Å². The molecule has 3 N–H and O–H groups in total. The van der Waals surface area contributed by atoms with Gasteiger partial charge < -0.3 is 10.4 Å². The van der Waals surface area contributed by atoms with Crippen molar-refractivity contribution in [3.63, 3.8) is 0 Å². The van der Waals surface area contributed by atoms with E-state index in [2.05, 4.69) is 17.2 Å². The molecule has 0 spiro atoms. The van der Waals surface area contributed by atoms with Gasteiger partial charge in [0.15, 0.2) is 0 Å². The fourth-order valence-corrected chi connectivity index (χ4v) is 4.41. The minimum atomic E-state index is -4.22. The number of nitrogens with one attached hydrogen (secondary N) is 2. The lowest BCUT2D eigenvalue weighted by molar-refractivity contribution is 0.0689. The number of hydrogen-bond acceptors (Lipinski definition) is 6. The van der Waals surface area contributed by atoms with E-state index in [-0.39, 0.29) is 22.1 Å².